The molecule has 3 aliphatic heterocycles. The minimum absolute atomic E-state index is 0.0831. The average Bonchev–Trinajstić information content (AvgIpc) is 3.72. The molecule has 3 aromatic carbocycles. The van der Waals surface area contributed by atoms with Gasteiger partial charge in [0.25, 0.3) is 11.5 Å². The molecule has 4 heterocycles. The maximum absolute atomic E-state index is 16.4. The SMILES string of the molecule is C[C@H]1[C@H]([Si](C)(C)F)[C@@H](CC(=O)N2CCC[C@H]2CO)O[C@]12C(=O)N(Cc1ccccc1)c1ccc(-n3ncc4ccccc4c3=O)cc12. The lowest BCUT2D eigenvalue weighted by Crippen LogP contribution is -2.45. The summed E-state index contributed by atoms with van der Waals surface area (Å²) in [6.07, 6.45) is 2.21. The molecule has 1 spiro atoms. The van der Waals surface area contributed by atoms with Gasteiger partial charge in [0.15, 0.2) is 5.60 Å². The van der Waals surface area contributed by atoms with E-state index in [1.54, 1.807) is 59.4 Å². The van der Waals surface area contributed by atoms with Crippen LogP contribution in [0, 0.1) is 5.92 Å². The molecule has 2 fully saturated rings. The fraction of sp³-hybridized carbons (Fsp3) is 0.389. The van der Waals surface area contributed by atoms with Gasteiger partial charge in [-0.15, -0.1) is 0 Å². The average molecular weight is 655 g/mol. The highest BCUT2D eigenvalue weighted by molar-refractivity contribution is 6.72. The van der Waals surface area contributed by atoms with Crippen LogP contribution in [-0.2, 0) is 26.5 Å². The van der Waals surface area contributed by atoms with Gasteiger partial charge in [-0.25, -0.2) is 0 Å². The van der Waals surface area contributed by atoms with Crippen molar-refractivity contribution < 1.29 is 23.5 Å². The Bertz CT molecular complexity index is 1910. The van der Waals surface area contributed by atoms with E-state index in [1.165, 1.54) is 4.68 Å². The number of halogens is 1. The number of fused-ring (bicyclic) bond motifs is 3. The highest BCUT2D eigenvalue weighted by Gasteiger charge is 2.67. The van der Waals surface area contributed by atoms with Crippen molar-refractivity contribution in [2.24, 2.45) is 5.92 Å². The topological polar surface area (TPSA) is 105 Å². The quantitative estimate of drug-likeness (QED) is 0.220. The fourth-order valence-electron chi connectivity index (χ4n) is 8.21. The van der Waals surface area contributed by atoms with Crippen LogP contribution < -0.4 is 10.5 Å². The minimum atomic E-state index is -3.52. The third kappa shape index (κ3) is 5.11. The molecule has 0 unspecified atom stereocenters. The molecule has 47 heavy (non-hydrogen) atoms. The second-order valence-corrected chi connectivity index (χ2v) is 17.4. The minimum Gasteiger partial charge on any atom is -0.394 e. The van der Waals surface area contributed by atoms with E-state index in [-0.39, 0.29) is 43.0 Å². The number of carbonyl (C=O) groups is 2. The van der Waals surface area contributed by atoms with Crippen LogP contribution in [0.25, 0.3) is 16.5 Å². The lowest BCUT2D eigenvalue weighted by atomic mass is 9.82. The third-order valence-electron chi connectivity index (χ3n) is 10.4. The number of ether oxygens (including phenoxy) is 1. The molecule has 5 atom stereocenters. The molecule has 0 saturated carbocycles. The van der Waals surface area contributed by atoms with Crippen molar-refractivity contribution in [3.05, 3.63) is 100 Å². The molecule has 2 amide bonds. The number of anilines is 1. The standard InChI is InChI=1S/C36H39FN4O5Si/c1-23-33(47(2,3)37)31(19-32(43)39-17-9-13-27(39)22-42)46-36(23)29-18-26(41-34(44)28-14-8-7-12-25(28)20-38-41)15-16-30(29)40(35(36)45)21-24-10-5-4-6-11-24/h4-8,10-12,14-16,18,20,23,27,31,33,42H,9,13,17,19,21-22H2,1-3H3/t23-,27-,31+,33-,36+/m0/s1. The summed E-state index contributed by atoms with van der Waals surface area (Å²) in [7, 11) is -3.52. The molecule has 0 aliphatic carbocycles. The molecule has 7 rings (SSSR count). The molecule has 244 valence electrons. The van der Waals surface area contributed by atoms with E-state index in [0.29, 0.717) is 35.3 Å². The van der Waals surface area contributed by atoms with Crippen molar-refractivity contribution in [3.63, 3.8) is 0 Å². The van der Waals surface area contributed by atoms with Gasteiger partial charge in [0.2, 0.25) is 14.3 Å². The number of likely N-dealkylation sites (tertiary alicyclic amines) is 1. The summed E-state index contributed by atoms with van der Waals surface area (Å²) < 4.78 is 24.6. The van der Waals surface area contributed by atoms with E-state index in [9.17, 15) is 19.5 Å². The number of aromatic nitrogens is 2. The second-order valence-electron chi connectivity index (χ2n) is 13.6. The van der Waals surface area contributed by atoms with Gasteiger partial charge in [0.1, 0.15) is 0 Å². The summed E-state index contributed by atoms with van der Waals surface area (Å²) in [5.41, 5.74) is -0.0113. The Balaban J connectivity index is 1.35. The molecule has 1 aromatic heterocycles. The van der Waals surface area contributed by atoms with E-state index in [0.717, 1.165) is 17.4 Å². The number of carbonyl (C=O) groups excluding carboxylic acids is 2. The lowest BCUT2D eigenvalue weighted by Gasteiger charge is -2.31. The number of hydrogen-bond donors (Lipinski definition) is 1. The number of amides is 2. The number of rotatable bonds is 7. The predicted octanol–water partition coefficient (Wildman–Crippen LogP) is 5.08. The van der Waals surface area contributed by atoms with Crippen LogP contribution in [-0.4, -0.2) is 65.3 Å². The van der Waals surface area contributed by atoms with E-state index < -0.39 is 31.6 Å². The Morgan fingerprint density at radius 1 is 1.09 bits per heavy atom. The van der Waals surface area contributed by atoms with Crippen molar-refractivity contribution in [2.45, 2.75) is 69.1 Å². The summed E-state index contributed by atoms with van der Waals surface area (Å²) >= 11 is 0. The van der Waals surface area contributed by atoms with Crippen LogP contribution in [0.4, 0.5) is 9.80 Å². The van der Waals surface area contributed by atoms with Crippen molar-refractivity contribution in [3.8, 4) is 5.69 Å². The van der Waals surface area contributed by atoms with Crippen LogP contribution in [0.15, 0.2) is 83.8 Å². The van der Waals surface area contributed by atoms with Crippen LogP contribution in [0.5, 0.6) is 0 Å². The fourth-order valence-corrected chi connectivity index (χ4v) is 10.7. The number of hydrogen-bond acceptors (Lipinski definition) is 6. The van der Waals surface area contributed by atoms with E-state index in [1.807, 2.05) is 49.4 Å². The molecular formula is C36H39FN4O5Si. The van der Waals surface area contributed by atoms with Gasteiger partial charge in [-0.05, 0) is 55.8 Å². The highest BCUT2D eigenvalue weighted by atomic mass is 28.4. The van der Waals surface area contributed by atoms with Crippen molar-refractivity contribution in [2.75, 3.05) is 18.1 Å². The molecular weight excluding hydrogens is 616 g/mol. The van der Waals surface area contributed by atoms with E-state index >= 15 is 4.11 Å². The number of benzene rings is 3. The Kier molecular flexibility index (Phi) is 7.89. The predicted molar refractivity (Wildman–Crippen MR) is 179 cm³/mol. The molecule has 1 N–H and O–H groups in total. The summed E-state index contributed by atoms with van der Waals surface area (Å²) in [6.45, 7) is 5.75. The van der Waals surface area contributed by atoms with Crippen LogP contribution >= 0.6 is 0 Å². The second kappa shape index (κ2) is 11.8. The largest absolute Gasteiger partial charge is 0.394 e. The summed E-state index contributed by atoms with van der Waals surface area (Å²) in [5.74, 6) is -1.12. The van der Waals surface area contributed by atoms with Crippen molar-refractivity contribution >= 4 is 36.7 Å². The molecule has 0 bridgehead atoms. The number of nitrogens with zero attached hydrogens (tertiary/aromatic N) is 4. The van der Waals surface area contributed by atoms with Gasteiger partial charge >= 0.3 is 0 Å². The van der Waals surface area contributed by atoms with Gasteiger partial charge in [0.05, 0.1) is 54.7 Å². The normalized spacial score (nSPS) is 25.7. The van der Waals surface area contributed by atoms with E-state index in [2.05, 4.69) is 5.10 Å². The summed E-state index contributed by atoms with van der Waals surface area (Å²) in [4.78, 5) is 45.4. The first-order valence-electron chi connectivity index (χ1n) is 16.3. The van der Waals surface area contributed by atoms with Crippen molar-refractivity contribution in [1.29, 1.82) is 0 Å². The zero-order valence-corrected chi connectivity index (χ0v) is 27.8. The Morgan fingerprint density at radius 3 is 2.57 bits per heavy atom. The lowest BCUT2D eigenvalue weighted by molar-refractivity contribution is -0.150. The Labute approximate surface area is 273 Å². The van der Waals surface area contributed by atoms with Gasteiger partial charge in [-0.1, -0.05) is 55.5 Å². The first kappa shape index (κ1) is 31.4. The highest BCUT2D eigenvalue weighted by Crippen LogP contribution is 2.60. The zero-order valence-electron chi connectivity index (χ0n) is 26.8. The number of aliphatic hydroxyl groups is 1. The molecule has 11 heteroatoms. The van der Waals surface area contributed by atoms with Crippen LogP contribution in [0.2, 0.25) is 18.6 Å². The monoisotopic (exact) mass is 654 g/mol. The molecule has 3 aliphatic rings. The van der Waals surface area contributed by atoms with Crippen LogP contribution in [0.3, 0.4) is 0 Å². The van der Waals surface area contributed by atoms with Gasteiger partial charge < -0.3 is 23.8 Å². The van der Waals surface area contributed by atoms with Gasteiger partial charge in [-0.3, -0.25) is 14.4 Å². The Hall–Kier alpha value is -4.19. The molecule has 0 radical (unpaired) electrons. The number of aliphatic hydroxyl groups excluding tert-OH is 1. The van der Waals surface area contributed by atoms with Crippen LogP contribution in [0.1, 0.15) is 37.3 Å². The zero-order chi connectivity index (χ0) is 33.1. The first-order chi connectivity index (χ1) is 22.5. The summed E-state index contributed by atoms with van der Waals surface area (Å²) in [5, 5.41) is 15.6. The molecule has 4 aromatic rings. The third-order valence-corrected chi connectivity index (χ3v) is 12.8. The first-order valence-corrected chi connectivity index (χ1v) is 19.2. The molecule has 2 saturated heterocycles. The van der Waals surface area contributed by atoms with Gasteiger partial charge in [-0.2, -0.15) is 9.78 Å². The van der Waals surface area contributed by atoms with Gasteiger partial charge in [0, 0.05) is 29.0 Å². The Morgan fingerprint density at radius 2 is 1.83 bits per heavy atom. The maximum atomic E-state index is 16.4. The van der Waals surface area contributed by atoms with Crippen molar-refractivity contribution in [1.82, 2.24) is 14.7 Å². The molecule has 9 nitrogen and oxygen atoms in total. The maximum Gasteiger partial charge on any atom is 0.279 e. The summed E-state index contributed by atoms with van der Waals surface area (Å²) in [6, 6.07) is 21.9. The smallest absolute Gasteiger partial charge is 0.279 e. The van der Waals surface area contributed by atoms with E-state index in [4.69, 9.17) is 4.74 Å².